The van der Waals surface area contributed by atoms with Crippen molar-refractivity contribution >= 4 is 17.4 Å². The van der Waals surface area contributed by atoms with Gasteiger partial charge in [-0.25, -0.2) is 9.97 Å². The van der Waals surface area contributed by atoms with Gasteiger partial charge in [0.2, 0.25) is 0 Å². The number of likely N-dealkylation sites (N-methyl/N-ethyl adjacent to an activating group) is 1. The first-order chi connectivity index (χ1) is 8.71. The van der Waals surface area contributed by atoms with Gasteiger partial charge in [0.15, 0.2) is 5.82 Å². The van der Waals surface area contributed by atoms with Gasteiger partial charge in [0.05, 0.1) is 6.61 Å². The molecule has 0 unspecified atom stereocenters. The highest BCUT2D eigenvalue weighted by atomic mass is 35.5. The molecule has 102 valence electrons. The number of nitrogens with zero attached hydrogens (tertiary/aromatic N) is 3. The number of anilines is 1. The van der Waals surface area contributed by atoms with Crippen LogP contribution in [-0.2, 0) is 16.1 Å². The van der Waals surface area contributed by atoms with Gasteiger partial charge < -0.3 is 14.4 Å². The Morgan fingerprint density at radius 3 is 2.72 bits per heavy atom. The topological polar surface area (TPSA) is 47.5 Å². The van der Waals surface area contributed by atoms with Gasteiger partial charge in [0.25, 0.3) is 0 Å². The summed E-state index contributed by atoms with van der Waals surface area (Å²) in [6.45, 7) is 7.42. The van der Waals surface area contributed by atoms with Gasteiger partial charge >= 0.3 is 0 Å². The summed E-state index contributed by atoms with van der Waals surface area (Å²) < 4.78 is 10.4. The molecule has 0 fully saturated rings. The molecule has 0 aliphatic heterocycles. The van der Waals surface area contributed by atoms with Crippen molar-refractivity contribution in [2.45, 2.75) is 20.5 Å². The lowest BCUT2D eigenvalue weighted by Gasteiger charge is -2.22. The van der Waals surface area contributed by atoms with Crippen molar-refractivity contribution in [3.8, 4) is 0 Å². The van der Waals surface area contributed by atoms with Crippen LogP contribution in [0.1, 0.15) is 19.7 Å². The van der Waals surface area contributed by atoms with E-state index in [1.54, 1.807) is 13.2 Å². The van der Waals surface area contributed by atoms with Crippen LogP contribution < -0.4 is 4.90 Å². The Morgan fingerprint density at radius 2 is 2.11 bits per heavy atom. The number of rotatable bonds is 8. The summed E-state index contributed by atoms with van der Waals surface area (Å²) in [5.74, 6) is 1.40. The van der Waals surface area contributed by atoms with Gasteiger partial charge in [-0.1, -0.05) is 11.6 Å². The molecule has 0 bridgehead atoms. The van der Waals surface area contributed by atoms with E-state index in [1.807, 2.05) is 6.92 Å². The maximum atomic E-state index is 5.98. The number of hydrogen-bond donors (Lipinski definition) is 0. The quantitative estimate of drug-likeness (QED) is 0.536. The molecular formula is C12H20ClN3O2. The summed E-state index contributed by atoms with van der Waals surface area (Å²) in [4.78, 5) is 10.6. The van der Waals surface area contributed by atoms with E-state index in [0.717, 1.165) is 25.5 Å². The number of ether oxygens (including phenoxy) is 2. The standard InChI is InChI=1S/C12H20ClN3O2/c1-4-16(6-7-18-5-2)12-8-10(13)14-11(15-12)9-17-3/h8H,4-7,9H2,1-3H3. The molecule has 0 radical (unpaired) electrons. The Kier molecular flexibility index (Phi) is 6.93. The molecule has 1 heterocycles. The maximum absolute atomic E-state index is 5.98. The summed E-state index contributed by atoms with van der Waals surface area (Å²) in [5, 5.41) is 0.432. The van der Waals surface area contributed by atoms with Crippen LogP contribution in [0.3, 0.4) is 0 Å². The number of halogens is 1. The van der Waals surface area contributed by atoms with Crippen molar-refractivity contribution in [1.82, 2.24) is 9.97 Å². The van der Waals surface area contributed by atoms with E-state index in [2.05, 4.69) is 21.8 Å². The van der Waals surface area contributed by atoms with E-state index in [4.69, 9.17) is 21.1 Å². The molecule has 6 heteroatoms. The van der Waals surface area contributed by atoms with Crippen molar-refractivity contribution in [2.75, 3.05) is 38.3 Å². The first-order valence-corrected chi connectivity index (χ1v) is 6.44. The normalized spacial score (nSPS) is 10.7. The van der Waals surface area contributed by atoms with Gasteiger partial charge in [0.1, 0.15) is 17.6 Å². The average Bonchev–Trinajstić information content (AvgIpc) is 2.34. The lowest BCUT2D eigenvalue weighted by atomic mass is 10.4. The predicted octanol–water partition coefficient (Wildman–Crippen LogP) is 2.14. The van der Waals surface area contributed by atoms with Crippen molar-refractivity contribution < 1.29 is 9.47 Å². The Hall–Kier alpha value is -0.910. The van der Waals surface area contributed by atoms with Gasteiger partial charge in [-0.15, -0.1) is 0 Å². The minimum atomic E-state index is 0.358. The molecule has 1 aromatic heterocycles. The van der Waals surface area contributed by atoms with Crippen LogP contribution in [0.25, 0.3) is 0 Å². The molecule has 0 aromatic carbocycles. The molecule has 1 aromatic rings. The molecule has 0 spiro atoms. The molecule has 0 atom stereocenters. The lowest BCUT2D eigenvalue weighted by Crippen LogP contribution is -2.28. The van der Waals surface area contributed by atoms with Gasteiger partial charge in [-0.05, 0) is 13.8 Å². The zero-order chi connectivity index (χ0) is 13.4. The van der Waals surface area contributed by atoms with E-state index in [9.17, 15) is 0 Å². The Bertz CT molecular complexity index is 363. The summed E-state index contributed by atoms with van der Waals surface area (Å²) in [6.07, 6.45) is 0. The molecular weight excluding hydrogens is 254 g/mol. The van der Waals surface area contributed by atoms with Gasteiger partial charge in [-0.3, -0.25) is 0 Å². The Balaban J connectivity index is 2.77. The van der Waals surface area contributed by atoms with E-state index in [0.29, 0.717) is 24.2 Å². The van der Waals surface area contributed by atoms with Gasteiger partial charge in [-0.2, -0.15) is 0 Å². The lowest BCUT2D eigenvalue weighted by molar-refractivity contribution is 0.154. The van der Waals surface area contributed by atoms with Crippen LogP contribution >= 0.6 is 11.6 Å². The SMILES string of the molecule is CCOCCN(CC)c1cc(Cl)nc(COC)n1. The van der Waals surface area contributed by atoms with Crippen molar-refractivity contribution in [1.29, 1.82) is 0 Å². The number of aromatic nitrogens is 2. The third kappa shape index (κ3) is 4.76. The summed E-state index contributed by atoms with van der Waals surface area (Å²) in [7, 11) is 1.61. The second-order valence-corrected chi connectivity index (χ2v) is 4.06. The first kappa shape index (κ1) is 15.1. The fraction of sp³-hybridized carbons (Fsp3) is 0.667. The van der Waals surface area contributed by atoms with Crippen molar-refractivity contribution in [3.63, 3.8) is 0 Å². The van der Waals surface area contributed by atoms with Crippen molar-refractivity contribution in [3.05, 3.63) is 17.0 Å². The third-order valence-corrected chi connectivity index (χ3v) is 2.61. The number of methoxy groups -OCH3 is 1. The smallest absolute Gasteiger partial charge is 0.158 e. The molecule has 0 aliphatic carbocycles. The minimum absolute atomic E-state index is 0.358. The number of hydrogen-bond acceptors (Lipinski definition) is 5. The largest absolute Gasteiger partial charge is 0.380 e. The van der Waals surface area contributed by atoms with E-state index < -0.39 is 0 Å². The summed E-state index contributed by atoms with van der Waals surface area (Å²) in [6, 6.07) is 1.76. The average molecular weight is 274 g/mol. The zero-order valence-electron chi connectivity index (χ0n) is 11.1. The van der Waals surface area contributed by atoms with Crippen LogP contribution in [0.15, 0.2) is 6.07 Å². The second kappa shape index (κ2) is 8.24. The minimum Gasteiger partial charge on any atom is -0.380 e. The Morgan fingerprint density at radius 1 is 1.33 bits per heavy atom. The molecule has 0 saturated carbocycles. The molecule has 0 aliphatic rings. The molecule has 5 nitrogen and oxygen atoms in total. The van der Waals surface area contributed by atoms with E-state index >= 15 is 0 Å². The van der Waals surface area contributed by atoms with Crippen LogP contribution in [0, 0.1) is 0 Å². The monoisotopic (exact) mass is 273 g/mol. The molecule has 1 rings (SSSR count). The molecule has 0 N–H and O–H groups in total. The highest BCUT2D eigenvalue weighted by molar-refractivity contribution is 6.29. The van der Waals surface area contributed by atoms with E-state index in [1.165, 1.54) is 0 Å². The second-order valence-electron chi connectivity index (χ2n) is 3.67. The predicted molar refractivity (Wildman–Crippen MR) is 72.1 cm³/mol. The highest BCUT2D eigenvalue weighted by Gasteiger charge is 2.09. The zero-order valence-corrected chi connectivity index (χ0v) is 11.9. The molecule has 0 amide bonds. The summed E-state index contributed by atoms with van der Waals surface area (Å²) in [5.41, 5.74) is 0. The fourth-order valence-corrected chi connectivity index (χ4v) is 1.76. The third-order valence-electron chi connectivity index (χ3n) is 2.42. The van der Waals surface area contributed by atoms with Crippen LogP contribution in [0.5, 0.6) is 0 Å². The van der Waals surface area contributed by atoms with E-state index in [-0.39, 0.29) is 0 Å². The van der Waals surface area contributed by atoms with Crippen molar-refractivity contribution in [2.24, 2.45) is 0 Å². The summed E-state index contributed by atoms with van der Waals surface area (Å²) >= 11 is 5.98. The van der Waals surface area contributed by atoms with Crippen LogP contribution in [-0.4, -0.2) is 43.4 Å². The molecule has 18 heavy (non-hydrogen) atoms. The van der Waals surface area contributed by atoms with Gasteiger partial charge in [0, 0.05) is 32.9 Å². The fourth-order valence-electron chi connectivity index (χ4n) is 1.56. The Labute approximate surface area is 113 Å². The highest BCUT2D eigenvalue weighted by Crippen LogP contribution is 2.16. The maximum Gasteiger partial charge on any atom is 0.158 e. The molecule has 0 saturated heterocycles. The van der Waals surface area contributed by atoms with Crippen LogP contribution in [0.4, 0.5) is 5.82 Å². The first-order valence-electron chi connectivity index (χ1n) is 6.06. The van der Waals surface area contributed by atoms with Crippen LogP contribution in [0.2, 0.25) is 5.15 Å².